The number of rotatable bonds is 2. The van der Waals surface area contributed by atoms with Crippen molar-refractivity contribution in [2.75, 3.05) is 0 Å². The van der Waals surface area contributed by atoms with Gasteiger partial charge in [-0.25, -0.2) is 0 Å². The van der Waals surface area contributed by atoms with Crippen molar-refractivity contribution in [3.05, 3.63) is 47.5 Å². The first-order valence-electron chi connectivity index (χ1n) is 6.51. The molecule has 0 fully saturated rings. The summed E-state index contributed by atoms with van der Waals surface area (Å²) >= 11 is 0. The summed E-state index contributed by atoms with van der Waals surface area (Å²) in [4.78, 5) is 0. The van der Waals surface area contributed by atoms with Crippen LogP contribution >= 0.6 is 0 Å². The van der Waals surface area contributed by atoms with Crippen LogP contribution in [0.4, 0.5) is 0 Å². The highest BCUT2D eigenvalue weighted by atomic mass is 17.0. The minimum absolute atomic E-state index is 0.606. The Morgan fingerprint density at radius 2 is 0.900 bits per heavy atom. The highest BCUT2D eigenvalue weighted by Gasteiger charge is 2.03. The molecule has 0 amide bonds. The smallest absolute Gasteiger partial charge is 0.0181 e. The Kier molecular flexibility index (Phi) is 8.76. The van der Waals surface area contributed by atoms with Gasteiger partial charge in [-0.1, -0.05) is 64.1 Å². The fourth-order valence-corrected chi connectivity index (χ4v) is 2.00. The highest BCUT2D eigenvalue weighted by Crippen LogP contribution is 2.24. The third kappa shape index (κ3) is 4.90. The predicted molar refractivity (Wildman–Crippen MR) is 82.6 cm³/mol. The lowest BCUT2D eigenvalue weighted by atomic mass is 9.96. The van der Waals surface area contributed by atoms with Gasteiger partial charge >= 0.3 is 0 Å². The summed E-state index contributed by atoms with van der Waals surface area (Å²) in [5.74, 6) is 1.21. The molecule has 4 nitrogen and oxygen atoms in total. The summed E-state index contributed by atoms with van der Waals surface area (Å²) in [6, 6.07) is 13.6. The second-order valence-electron chi connectivity index (χ2n) is 5.18. The third-order valence-electron chi connectivity index (χ3n) is 3.22. The Morgan fingerprint density at radius 1 is 0.600 bits per heavy atom. The Bertz CT molecular complexity index is 460. The summed E-state index contributed by atoms with van der Waals surface area (Å²) in [5, 5.41) is 26.7. The van der Waals surface area contributed by atoms with Crippen molar-refractivity contribution in [1.29, 1.82) is 0 Å². The summed E-state index contributed by atoms with van der Waals surface area (Å²) in [5.41, 5.74) is 2.84. The van der Waals surface area contributed by atoms with Crippen LogP contribution in [0.2, 0.25) is 0 Å². The van der Waals surface area contributed by atoms with E-state index in [0.717, 1.165) is 0 Å². The van der Waals surface area contributed by atoms with E-state index < -0.39 is 0 Å². The van der Waals surface area contributed by atoms with Gasteiger partial charge in [-0.05, 0) is 33.7 Å². The van der Waals surface area contributed by atoms with Gasteiger partial charge in [0.15, 0.2) is 0 Å². The molecule has 2 rings (SSSR count). The van der Waals surface area contributed by atoms with Crippen molar-refractivity contribution in [3.63, 3.8) is 0 Å². The molecule has 0 heterocycles. The minimum atomic E-state index is 0.606. The van der Waals surface area contributed by atoms with Crippen LogP contribution < -0.4 is 0 Å². The maximum absolute atomic E-state index is 6.00. The van der Waals surface area contributed by atoms with Crippen molar-refractivity contribution in [2.45, 2.75) is 39.5 Å². The van der Waals surface area contributed by atoms with E-state index in [1.54, 1.807) is 0 Å². The fourth-order valence-electron chi connectivity index (χ4n) is 2.00. The lowest BCUT2D eigenvalue weighted by Gasteiger charge is -2.10. The van der Waals surface area contributed by atoms with Crippen LogP contribution in [0.15, 0.2) is 36.4 Å². The molecule has 0 radical (unpaired) electrons. The zero-order valence-corrected chi connectivity index (χ0v) is 12.4. The summed E-state index contributed by atoms with van der Waals surface area (Å²) in [6.07, 6.45) is 0. The van der Waals surface area contributed by atoms with Crippen LogP contribution in [0.1, 0.15) is 50.7 Å². The molecule has 4 N–H and O–H groups in total. The lowest BCUT2D eigenvalue weighted by Crippen LogP contribution is -1.89. The van der Waals surface area contributed by atoms with Crippen molar-refractivity contribution in [3.8, 4) is 0 Å². The monoisotopic (exact) mass is 280 g/mol. The lowest BCUT2D eigenvalue weighted by molar-refractivity contribution is -0.176. The maximum Gasteiger partial charge on any atom is -0.0181 e. The summed E-state index contributed by atoms with van der Waals surface area (Å²) < 4.78 is 0. The molecule has 2 aromatic rings. The van der Waals surface area contributed by atoms with E-state index >= 15 is 0 Å². The Morgan fingerprint density at radius 3 is 1.15 bits per heavy atom. The largest absolute Gasteiger partial charge is 0.255 e. The van der Waals surface area contributed by atoms with E-state index in [4.69, 9.17) is 21.0 Å². The van der Waals surface area contributed by atoms with Gasteiger partial charge in [0.2, 0.25) is 0 Å². The van der Waals surface area contributed by atoms with Crippen molar-refractivity contribution in [2.24, 2.45) is 0 Å². The Balaban J connectivity index is 0.000000829. The second-order valence-corrected chi connectivity index (χ2v) is 5.18. The van der Waals surface area contributed by atoms with E-state index in [-0.39, 0.29) is 0 Å². The molecule has 0 aliphatic heterocycles. The normalized spacial score (nSPS) is 9.90. The van der Waals surface area contributed by atoms with Crippen LogP contribution in [0.3, 0.4) is 0 Å². The standard InChI is InChI=1S/C16H20.2H2O2/c1-11(2)13-5-7-16-10-14(12(3)4)6-8-15(16)9-13;2*1-2/h5-12H,1-4H3;2*1-2H. The zero-order valence-electron chi connectivity index (χ0n) is 12.4. The molecule has 112 valence electrons. The molecule has 20 heavy (non-hydrogen) atoms. The van der Waals surface area contributed by atoms with Gasteiger partial charge in [-0.3, -0.25) is 21.0 Å². The first kappa shape index (κ1) is 18.5. The van der Waals surface area contributed by atoms with Crippen LogP contribution in [-0.4, -0.2) is 21.0 Å². The zero-order chi connectivity index (χ0) is 15.7. The Labute approximate surface area is 119 Å². The molecule has 0 spiro atoms. The van der Waals surface area contributed by atoms with Gasteiger partial charge < -0.3 is 0 Å². The number of fused-ring (bicyclic) bond motifs is 1. The Hall–Kier alpha value is -1.46. The maximum atomic E-state index is 6.00. The van der Waals surface area contributed by atoms with Gasteiger partial charge in [0.25, 0.3) is 0 Å². The van der Waals surface area contributed by atoms with Crippen molar-refractivity contribution in [1.82, 2.24) is 0 Å². The van der Waals surface area contributed by atoms with E-state index in [1.165, 1.54) is 21.9 Å². The van der Waals surface area contributed by atoms with Crippen LogP contribution in [-0.2, 0) is 0 Å². The number of hydrogen-bond donors (Lipinski definition) is 4. The quantitative estimate of drug-likeness (QED) is 0.454. The summed E-state index contributed by atoms with van der Waals surface area (Å²) in [7, 11) is 0. The van der Waals surface area contributed by atoms with Crippen LogP contribution in [0.5, 0.6) is 0 Å². The molecule has 0 atom stereocenters. The molecular formula is C16H24O4. The first-order valence-corrected chi connectivity index (χ1v) is 6.51. The molecule has 0 aliphatic rings. The van der Waals surface area contributed by atoms with Crippen molar-refractivity contribution >= 4 is 10.8 Å². The molecule has 0 aliphatic carbocycles. The van der Waals surface area contributed by atoms with Gasteiger partial charge in [-0.15, -0.1) is 0 Å². The van der Waals surface area contributed by atoms with Gasteiger partial charge in [0.05, 0.1) is 0 Å². The van der Waals surface area contributed by atoms with E-state index in [1.807, 2.05) is 0 Å². The van der Waals surface area contributed by atoms with E-state index in [0.29, 0.717) is 11.8 Å². The van der Waals surface area contributed by atoms with E-state index in [9.17, 15) is 0 Å². The van der Waals surface area contributed by atoms with Crippen molar-refractivity contribution < 1.29 is 21.0 Å². The highest BCUT2D eigenvalue weighted by molar-refractivity contribution is 5.84. The first-order chi connectivity index (χ1) is 9.58. The molecule has 4 heteroatoms. The topological polar surface area (TPSA) is 80.9 Å². The average Bonchev–Trinajstić information content (AvgIpc) is 2.50. The molecule has 0 aromatic heterocycles. The molecular weight excluding hydrogens is 256 g/mol. The van der Waals surface area contributed by atoms with Gasteiger partial charge in [0.1, 0.15) is 0 Å². The third-order valence-corrected chi connectivity index (χ3v) is 3.22. The average molecular weight is 280 g/mol. The number of hydrogen-bond acceptors (Lipinski definition) is 4. The second kappa shape index (κ2) is 9.44. The van der Waals surface area contributed by atoms with Crippen LogP contribution in [0, 0.1) is 0 Å². The molecule has 0 saturated carbocycles. The van der Waals surface area contributed by atoms with Crippen LogP contribution in [0.25, 0.3) is 10.8 Å². The minimum Gasteiger partial charge on any atom is -0.255 e. The van der Waals surface area contributed by atoms with Gasteiger partial charge in [0, 0.05) is 0 Å². The fraction of sp³-hybridized carbons (Fsp3) is 0.375. The summed E-state index contributed by atoms with van der Waals surface area (Å²) in [6.45, 7) is 8.96. The predicted octanol–water partition coefficient (Wildman–Crippen LogP) is 5.12. The molecule has 2 aromatic carbocycles. The SMILES string of the molecule is CC(C)c1ccc2cc(C(C)C)ccc2c1.OO.OO. The molecule has 0 unspecified atom stereocenters. The molecule has 0 bridgehead atoms. The van der Waals surface area contributed by atoms with Gasteiger partial charge in [-0.2, -0.15) is 0 Å². The molecule has 0 saturated heterocycles. The number of benzene rings is 2. The van der Waals surface area contributed by atoms with E-state index in [2.05, 4.69) is 64.1 Å².